The predicted molar refractivity (Wildman–Crippen MR) is 111 cm³/mol. The average molecular weight is 420 g/mol. The number of anilines is 1. The van der Waals surface area contributed by atoms with E-state index >= 15 is 0 Å². The Kier molecular flexibility index (Phi) is 6.12. The maximum atomic E-state index is 12.9. The van der Waals surface area contributed by atoms with Gasteiger partial charge in [-0.2, -0.15) is 0 Å². The van der Waals surface area contributed by atoms with E-state index < -0.39 is 4.92 Å². The topological polar surface area (TPSA) is 85.2 Å². The molecule has 1 aliphatic heterocycles. The van der Waals surface area contributed by atoms with Crippen LogP contribution in [0.25, 0.3) is 0 Å². The van der Waals surface area contributed by atoms with Gasteiger partial charge in [0.2, 0.25) is 0 Å². The van der Waals surface area contributed by atoms with E-state index in [1.165, 1.54) is 26.4 Å². The van der Waals surface area contributed by atoms with Crippen LogP contribution in [0.3, 0.4) is 0 Å². The highest BCUT2D eigenvalue weighted by molar-refractivity contribution is 6.33. The Morgan fingerprint density at radius 3 is 2.10 bits per heavy atom. The number of hydrogen-bond acceptors (Lipinski definition) is 6. The van der Waals surface area contributed by atoms with Crippen LogP contribution in [0.2, 0.25) is 5.02 Å². The first-order valence-electron chi connectivity index (χ1n) is 9.06. The van der Waals surface area contributed by atoms with Crippen LogP contribution >= 0.6 is 11.6 Å². The fourth-order valence-electron chi connectivity index (χ4n) is 3.47. The number of piperazine rings is 1. The predicted octanol–water partition coefficient (Wildman–Crippen LogP) is 3.54. The third-order valence-corrected chi connectivity index (χ3v) is 5.22. The minimum atomic E-state index is -0.457. The average Bonchev–Trinajstić information content (AvgIpc) is 2.72. The quantitative estimate of drug-likeness (QED) is 0.544. The molecule has 0 saturated carbocycles. The molecule has 0 atom stereocenters. The van der Waals surface area contributed by atoms with Crippen molar-refractivity contribution in [3.8, 4) is 11.5 Å². The molecule has 2 aromatic carbocycles. The Hall–Kier alpha value is -3.00. The number of nitro groups is 1. The van der Waals surface area contributed by atoms with E-state index in [2.05, 4.69) is 4.90 Å². The Morgan fingerprint density at radius 2 is 1.62 bits per heavy atom. The van der Waals surface area contributed by atoms with Gasteiger partial charge in [-0.05, 0) is 24.6 Å². The Balaban J connectivity index is 1.74. The number of methoxy groups -OCH3 is 2. The number of nitrogens with zero attached hydrogens (tertiary/aromatic N) is 3. The number of halogens is 1. The minimum absolute atomic E-state index is 0.0305. The second-order valence-electron chi connectivity index (χ2n) is 6.73. The summed E-state index contributed by atoms with van der Waals surface area (Å²) in [5.41, 5.74) is 1.98. The SMILES string of the molecule is COc1cc(OC)cc(C(=O)N2CCN(c3c(C)cc([N+](=O)[O-])cc3Cl)CC2)c1. The number of rotatable bonds is 5. The highest BCUT2D eigenvalue weighted by Gasteiger charge is 2.26. The normalized spacial score (nSPS) is 13.9. The van der Waals surface area contributed by atoms with Gasteiger partial charge >= 0.3 is 0 Å². The molecule has 1 saturated heterocycles. The summed E-state index contributed by atoms with van der Waals surface area (Å²) in [6, 6.07) is 7.97. The van der Waals surface area contributed by atoms with Crippen molar-refractivity contribution in [3.63, 3.8) is 0 Å². The molecule has 0 bridgehead atoms. The zero-order valence-electron chi connectivity index (χ0n) is 16.5. The number of carbonyl (C=O) groups excluding carboxylic acids is 1. The summed E-state index contributed by atoms with van der Waals surface area (Å²) in [4.78, 5) is 27.3. The van der Waals surface area contributed by atoms with E-state index in [1.54, 1.807) is 30.0 Å². The van der Waals surface area contributed by atoms with Crippen molar-refractivity contribution in [2.24, 2.45) is 0 Å². The van der Waals surface area contributed by atoms with E-state index in [0.717, 1.165) is 11.3 Å². The maximum Gasteiger partial charge on any atom is 0.271 e. The van der Waals surface area contributed by atoms with Crippen LogP contribution in [-0.4, -0.2) is 56.1 Å². The third-order valence-electron chi connectivity index (χ3n) is 4.93. The number of aryl methyl sites for hydroxylation is 1. The molecule has 154 valence electrons. The van der Waals surface area contributed by atoms with Gasteiger partial charge < -0.3 is 19.3 Å². The van der Waals surface area contributed by atoms with Gasteiger partial charge in [0.25, 0.3) is 11.6 Å². The highest BCUT2D eigenvalue weighted by Crippen LogP contribution is 2.34. The molecule has 0 aliphatic carbocycles. The molecule has 1 aliphatic rings. The molecule has 0 unspecified atom stereocenters. The molecule has 3 rings (SSSR count). The molecule has 0 radical (unpaired) electrons. The van der Waals surface area contributed by atoms with Crippen molar-refractivity contribution in [1.29, 1.82) is 0 Å². The molecule has 9 heteroatoms. The largest absolute Gasteiger partial charge is 0.497 e. The number of nitro benzene ring substituents is 1. The molecular weight excluding hydrogens is 398 g/mol. The summed E-state index contributed by atoms with van der Waals surface area (Å²) in [5.74, 6) is 1.01. The van der Waals surface area contributed by atoms with E-state index in [9.17, 15) is 14.9 Å². The summed E-state index contributed by atoms with van der Waals surface area (Å²) >= 11 is 6.32. The number of ether oxygens (including phenoxy) is 2. The minimum Gasteiger partial charge on any atom is -0.497 e. The summed E-state index contributed by atoms with van der Waals surface area (Å²) < 4.78 is 10.5. The summed E-state index contributed by atoms with van der Waals surface area (Å²) in [5, 5.41) is 11.4. The first kappa shape index (κ1) is 20.7. The van der Waals surface area contributed by atoms with Crippen LogP contribution in [0.4, 0.5) is 11.4 Å². The van der Waals surface area contributed by atoms with Crippen LogP contribution < -0.4 is 14.4 Å². The molecule has 0 aromatic heterocycles. The van der Waals surface area contributed by atoms with Gasteiger partial charge in [-0.3, -0.25) is 14.9 Å². The van der Waals surface area contributed by atoms with Gasteiger partial charge in [0.1, 0.15) is 11.5 Å². The van der Waals surface area contributed by atoms with Crippen LogP contribution in [0.1, 0.15) is 15.9 Å². The van der Waals surface area contributed by atoms with Crippen molar-refractivity contribution in [1.82, 2.24) is 4.90 Å². The molecule has 1 heterocycles. The van der Waals surface area contributed by atoms with Gasteiger partial charge in [0.05, 0.1) is 29.9 Å². The monoisotopic (exact) mass is 419 g/mol. The molecule has 0 spiro atoms. The molecule has 0 N–H and O–H groups in total. The molecule has 1 fully saturated rings. The van der Waals surface area contributed by atoms with E-state index in [-0.39, 0.29) is 11.6 Å². The lowest BCUT2D eigenvalue weighted by Crippen LogP contribution is -2.49. The van der Waals surface area contributed by atoms with Gasteiger partial charge in [-0.25, -0.2) is 0 Å². The first-order chi connectivity index (χ1) is 13.8. The fourth-order valence-corrected chi connectivity index (χ4v) is 3.85. The van der Waals surface area contributed by atoms with Crippen LogP contribution in [0.5, 0.6) is 11.5 Å². The Bertz CT molecular complexity index is 896. The zero-order chi connectivity index (χ0) is 21.1. The standard InChI is InChI=1S/C20H22ClN3O5/c1-13-8-15(24(26)27)11-18(21)19(13)22-4-6-23(7-5-22)20(25)14-9-16(28-2)12-17(10-14)29-3/h8-12H,4-7H2,1-3H3. The third kappa shape index (κ3) is 4.37. The molecule has 29 heavy (non-hydrogen) atoms. The van der Waals surface area contributed by atoms with E-state index in [0.29, 0.717) is 48.3 Å². The van der Waals surface area contributed by atoms with Gasteiger partial charge in [0.15, 0.2) is 0 Å². The number of amides is 1. The zero-order valence-corrected chi connectivity index (χ0v) is 17.2. The lowest BCUT2D eigenvalue weighted by atomic mass is 10.1. The second-order valence-corrected chi connectivity index (χ2v) is 7.14. The Morgan fingerprint density at radius 1 is 1.03 bits per heavy atom. The van der Waals surface area contributed by atoms with Crippen molar-refractivity contribution in [2.75, 3.05) is 45.3 Å². The van der Waals surface area contributed by atoms with E-state index in [4.69, 9.17) is 21.1 Å². The first-order valence-corrected chi connectivity index (χ1v) is 9.43. The summed E-state index contributed by atoms with van der Waals surface area (Å²) in [6.45, 7) is 3.96. The number of carbonyl (C=O) groups is 1. The highest BCUT2D eigenvalue weighted by atomic mass is 35.5. The lowest BCUT2D eigenvalue weighted by molar-refractivity contribution is -0.384. The van der Waals surface area contributed by atoms with Crippen LogP contribution in [-0.2, 0) is 0 Å². The van der Waals surface area contributed by atoms with Gasteiger partial charge in [0, 0.05) is 49.9 Å². The second kappa shape index (κ2) is 8.57. The van der Waals surface area contributed by atoms with E-state index in [1.807, 2.05) is 0 Å². The molecule has 8 nitrogen and oxygen atoms in total. The summed E-state index contributed by atoms with van der Waals surface area (Å²) in [6.07, 6.45) is 0. The summed E-state index contributed by atoms with van der Waals surface area (Å²) in [7, 11) is 3.08. The number of benzene rings is 2. The van der Waals surface area contributed by atoms with Crippen molar-refractivity contribution in [2.45, 2.75) is 6.92 Å². The van der Waals surface area contributed by atoms with Crippen molar-refractivity contribution >= 4 is 28.9 Å². The smallest absolute Gasteiger partial charge is 0.271 e. The Labute approximate surface area is 173 Å². The maximum absolute atomic E-state index is 12.9. The number of hydrogen-bond donors (Lipinski definition) is 0. The lowest BCUT2D eigenvalue weighted by Gasteiger charge is -2.37. The number of non-ortho nitro benzene ring substituents is 1. The fraction of sp³-hybridized carbons (Fsp3) is 0.350. The van der Waals surface area contributed by atoms with Crippen LogP contribution in [0.15, 0.2) is 30.3 Å². The molecule has 2 aromatic rings. The van der Waals surface area contributed by atoms with Crippen LogP contribution in [0, 0.1) is 17.0 Å². The molecular formula is C20H22ClN3O5. The molecule has 1 amide bonds. The van der Waals surface area contributed by atoms with Crippen molar-refractivity contribution in [3.05, 3.63) is 56.6 Å². The van der Waals surface area contributed by atoms with Gasteiger partial charge in [-0.15, -0.1) is 0 Å². The van der Waals surface area contributed by atoms with Crippen molar-refractivity contribution < 1.29 is 19.2 Å². The van der Waals surface area contributed by atoms with Gasteiger partial charge in [-0.1, -0.05) is 11.6 Å².